The van der Waals surface area contributed by atoms with Crippen molar-refractivity contribution in [3.63, 3.8) is 0 Å². The average molecular weight is 314 g/mol. The van der Waals surface area contributed by atoms with Crippen LogP contribution in [0.2, 0.25) is 0 Å². The quantitative estimate of drug-likeness (QED) is 0.494. The largest absolute Gasteiger partial charge is 0.476 e. The lowest BCUT2D eigenvalue weighted by Crippen LogP contribution is -2.38. The van der Waals surface area contributed by atoms with Gasteiger partial charge in [0.1, 0.15) is 5.60 Å². The minimum absolute atomic E-state index is 0.220. The van der Waals surface area contributed by atoms with E-state index >= 15 is 0 Å². The van der Waals surface area contributed by atoms with Gasteiger partial charge in [-0.25, -0.2) is 9.59 Å². The molecule has 0 aliphatic carbocycles. The number of carbonyl (C=O) groups excluding carboxylic acids is 1. The van der Waals surface area contributed by atoms with Crippen molar-refractivity contribution in [1.82, 2.24) is 5.32 Å². The van der Waals surface area contributed by atoms with Crippen LogP contribution in [0.5, 0.6) is 0 Å². The zero-order valence-electron chi connectivity index (χ0n) is 12.2. The van der Waals surface area contributed by atoms with E-state index in [1.165, 1.54) is 18.3 Å². The highest BCUT2D eigenvalue weighted by Crippen LogP contribution is 2.11. The molecule has 0 saturated heterocycles. The highest BCUT2D eigenvalue weighted by molar-refractivity contribution is 7.13. The molecule has 1 heterocycles. The summed E-state index contributed by atoms with van der Waals surface area (Å²) in [5.41, 5.74) is -0.848. The minimum atomic E-state index is -1.21. The van der Waals surface area contributed by atoms with Crippen molar-refractivity contribution in [3.8, 4) is 0 Å². The molecule has 1 aromatic rings. The molecule has 2 N–H and O–H groups in total. The lowest BCUT2D eigenvalue weighted by molar-refractivity contribution is -0.129. The molecular weight excluding hydrogens is 296 g/mol. The minimum Gasteiger partial charge on any atom is -0.476 e. The third-order valence-electron chi connectivity index (χ3n) is 1.98. The fourth-order valence-corrected chi connectivity index (χ4v) is 1.93. The first-order chi connectivity index (χ1) is 9.69. The molecular formula is C13H18N2O5S. The maximum absolute atomic E-state index is 11.5. The van der Waals surface area contributed by atoms with Gasteiger partial charge in [-0.15, -0.1) is 11.3 Å². The fourth-order valence-electron chi connectivity index (χ4n) is 1.23. The molecule has 1 rings (SSSR count). The first-order valence-corrected chi connectivity index (χ1v) is 7.07. The van der Waals surface area contributed by atoms with E-state index < -0.39 is 23.9 Å². The third-order valence-corrected chi connectivity index (χ3v) is 2.86. The summed E-state index contributed by atoms with van der Waals surface area (Å²) in [4.78, 5) is 28.0. The maximum Gasteiger partial charge on any atom is 0.410 e. The molecule has 1 atom stereocenters. The number of oxime groups is 1. The van der Waals surface area contributed by atoms with Gasteiger partial charge in [0.05, 0.1) is 4.88 Å². The molecule has 116 valence electrons. The number of nitrogens with one attached hydrogen (secondary N) is 1. The lowest BCUT2D eigenvalue weighted by atomic mass is 10.2. The topological polar surface area (TPSA) is 97.2 Å². The molecule has 0 aromatic carbocycles. The van der Waals surface area contributed by atoms with Crippen molar-refractivity contribution in [2.24, 2.45) is 5.16 Å². The average Bonchev–Trinajstić information content (AvgIpc) is 2.79. The number of amides is 1. The Hall–Kier alpha value is -2.09. The van der Waals surface area contributed by atoms with E-state index in [-0.39, 0.29) is 5.71 Å². The van der Waals surface area contributed by atoms with Crippen LogP contribution in [0.25, 0.3) is 0 Å². The molecule has 0 bridgehead atoms. The van der Waals surface area contributed by atoms with Gasteiger partial charge in [-0.3, -0.25) is 5.32 Å². The Bertz CT molecular complexity index is 519. The fraction of sp³-hybridized carbons (Fsp3) is 0.462. The molecule has 0 aliphatic rings. The van der Waals surface area contributed by atoms with Gasteiger partial charge >= 0.3 is 12.1 Å². The van der Waals surface area contributed by atoms with E-state index in [2.05, 4.69) is 10.5 Å². The third kappa shape index (κ3) is 6.26. The molecule has 1 unspecified atom stereocenters. The van der Waals surface area contributed by atoms with E-state index in [9.17, 15) is 9.59 Å². The van der Waals surface area contributed by atoms with Gasteiger partial charge in [-0.05, 0) is 39.1 Å². The SMILES string of the molecule is CC(NC(=O)OC(C)(C)C)ON=C(C(=O)O)c1cccs1. The Morgan fingerprint density at radius 3 is 2.57 bits per heavy atom. The van der Waals surface area contributed by atoms with Crippen LogP contribution in [0.4, 0.5) is 4.79 Å². The van der Waals surface area contributed by atoms with Gasteiger partial charge < -0.3 is 14.7 Å². The molecule has 21 heavy (non-hydrogen) atoms. The number of nitrogens with zero attached hydrogens (tertiary/aromatic N) is 1. The highest BCUT2D eigenvalue weighted by Gasteiger charge is 2.19. The van der Waals surface area contributed by atoms with Crippen molar-refractivity contribution >= 4 is 29.1 Å². The van der Waals surface area contributed by atoms with Gasteiger partial charge in [-0.2, -0.15) is 0 Å². The lowest BCUT2D eigenvalue weighted by Gasteiger charge is -2.21. The van der Waals surface area contributed by atoms with E-state index in [0.717, 1.165) is 0 Å². The van der Waals surface area contributed by atoms with Crippen LogP contribution in [0.3, 0.4) is 0 Å². The number of hydrogen-bond acceptors (Lipinski definition) is 6. The zero-order chi connectivity index (χ0) is 16.0. The van der Waals surface area contributed by atoms with Crippen LogP contribution in [-0.4, -0.2) is 34.7 Å². The summed E-state index contributed by atoms with van der Waals surface area (Å²) in [6.07, 6.45) is -1.49. The number of ether oxygens (including phenoxy) is 1. The molecule has 0 aliphatic heterocycles. The summed E-state index contributed by atoms with van der Waals surface area (Å²) in [6, 6.07) is 3.33. The van der Waals surface area contributed by atoms with Crippen LogP contribution >= 0.6 is 11.3 Å². The van der Waals surface area contributed by atoms with Gasteiger partial charge in [0.2, 0.25) is 5.71 Å². The van der Waals surface area contributed by atoms with Crippen molar-refractivity contribution in [2.45, 2.75) is 39.5 Å². The van der Waals surface area contributed by atoms with Crippen molar-refractivity contribution in [1.29, 1.82) is 0 Å². The monoisotopic (exact) mass is 314 g/mol. The predicted octanol–water partition coefficient (Wildman–Crippen LogP) is 2.42. The van der Waals surface area contributed by atoms with Gasteiger partial charge in [0, 0.05) is 0 Å². The Kier molecular flexibility index (Phi) is 5.71. The molecule has 1 aromatic heterocycles. The summed E-state index contributed by atoms with van der Waals surface area (Å²) >= 11 is 1.23. The van der Waals surface area contributed by atoms with Crippen LogP contribution in [0, 0.1) is 0 Å². The van der Waals surface area contributed by atoms with Crippen LogP contribution in [0.15, 0.2) is 22.7 Å². The number of thiophene rings is 1. The van der Waals surface area contributed by atoms with Gasteiger partial charge in [0.25, 0.3) is 0 Å². The summed E-state index contributed by atoms with van der Waals surface area (Å²) in [7, 11) is 0. The van der Waals surface area contributed by atoms with Crippen LogP contribution < -0.4 is 5.32 Å². The van der Waals surface area contributed by atoms with Crippen LogP contribution in [-0.2, 0) is 14.4 Å². The van der Waals surface area contributed by atoms with E-state index in [1.54, 1.807) is 38.3 Å². The molecule has 0 saturated carbocycles. The Morgan fingerprint density at radius 1 is 1.43 bits per heavy atom. The number of carboxylic acid groups (broad SMARTS) is 1. The number of carboxylic acids is 1. The van der Waals surface area contributed by atoms with Gasteiger partial charge in [-0.1, -0.05) is 11.2 Å². The Morgan fingerprint density at radius 2 is 2.10 bits per heavy atom. The van der Waals surface area contributed by atoms with E-state index in [1.807, 2.05) is 0 Å². The Labute approximate surface area is 126 Å². The van der Waals surface area contributed by atoms with Gasteiger partial charge in [0.15, 0.2) is 6.23 Å². The normalized spacial score (nSPS) is 13.4. The van der Waals surface area contributed by atoms with E-state index in [0.29, 0.717) is 4.88 Å². The molecule has 0 fully saturated rings. The number of alkyl carbamates (subject to hydrolysis) is 1. The van der Waals surface area contributed by atoms with Crippen molar-refractivity contribution in [2.75, 3.05) is 0 Å². The standard InChI is InChI=1S/C13H18N2O5S/c1-8(14-12(18)19-13(2,3)4)20-15-10(11(16)17)9-6-5-7-21-9/h5-8H,1-4H3,(H,14,18)(H,16,17). The van der Waals surface area contributed by atoms with E-state index in [4.69, 9.17) is 14.7 Å². The number of hydrogen-bond donors (Lipinski definition) is 2. The maximum atomic E-state index is 11.5. The summed E-state index contributed by atoms with van der Waals surface area (Å²) in [5.74, 6) is -1.21. The molecule has 0 spiro atoms. The molecule has 7 nitrogen and oxygen atoms in total. The second-order valence-corrected chi connectivity index (χ2v) is 6.06. The Balaban J connectivity index is 2.61. The molecule has 0 radical (unpaired) electrons. The van der Waals surface area contributed by atoms with Crippen molar-refractivity contribution < 1.29 is 24.3 Å². The van der Waals surface area contributed by atoms with Crippen molar-refractivity contribution in [3.05, 3.63) is 22.4 Å². The van der Waals surface area contributed by atoms with Crippen LogP contribution in [0.1, 0.15) is 32.6 Å². The second-order valence-electron chi connectivity index (χ2n) is 5.12. The molecule has 8 heteroatoms. The highest BCUT2D eigenvalue weighted by atomic mass is 32.1. The summed E-state index contributed by atoms with van der Waals surface area (Å²) in [6.45, 7) is 6.71. The number of aliphatic carboxylic acids is 1. The molecule has 1 amide bonds. The predicted molar refractivity (Wildman–Crippen MR) is 78.4 cm³/mol. The first kappa shape index (κ1) is 17.0. The number of rotatable bonds is 5. The number of carbonyl (C=O) groups is 2. The zero-order valence-corrected chi connectivity index (χ0v) is 13.1. The first-order valence-electron chi connectivity index (χ1n) is 6.19. The summed E-state index contributed by atoms with van der Waals surface area (Å²) < 4.78 is 5.04. The smallest absolute Gasteiger partial charge is 0.410 e. The second kappa shape index (κ2) is 7.07. The summed E-state index contributed by atoms with van der Waals surface area (Å²) in [5, 5.41) is 16.8.